The zero-order valence-corrected chi connectivity index (χ0v) is 19.0. The minimum absolute atomic E-state index is 0.107. The van der Waals surface area contributed by atoms with Crippen molar-refractivity contribution in [2.45, 2.75) is 33.2 Å². The molecular formula is C27H28N4O2. The van der Waals surface area contributed by atoms with Gasteiger partial charge in [-0.1, -0.05) is 55.0 Å². The largest absolute Gasteiger partial charge is 0.352 e. The van der Waals surface area contributed by atoms with Crippen LogP contribution in [0.5, 0.6) is 0 Å². The van der Waals surface area contributed by atoms with E-state index in [1.54, 1.807) is 6.07 Å². The number of carbonyl (C=O) groups is 2. The molecule has 6 heteroatoms. The Morgan fingerprint density at radius 2 is 1.76 bits per heavy atom. The van der Waals surface area contributed by atoms with Gasteiger partial charge in [-0.3, -0.25) is 9.59 Å². The standard InChI is InChI=1S/C27H28N4O2/c1-3-20-10-4-5-12-22(20)30-26(32)18-31-24-14-7-6-13-23(24)29-25(31)15-16-28-27(33)21-11-8-9-19(2)17-21/h4-14,17H,3,15-16,18H2,1-2H3,(H,28,33)(H,30,32). The average Bonchev–Trinajstić information content (AvgIpc) is 3.16. The molecule has 0 aliphatic rings. The Labute approximate surface area is 193 Å². The summed E-state index contributed by atoms with van der Waals surface area (Å²) in [6, 6.07) is 23.1. The molecule has 3 aromatic carbocycles. The normalized spacial score (nSPS) is 10.8. The lowest BCUT2D eigenvalue weighted by Gasteiger charge is -2.12. The summed E-state index contributed by atoms with van der Waals surface area (Å²) in [5.41, 5.74) is 5.34. The summed E-state index contributed by atoms with van der Waals surface area (Å²) < 4.78 is 1.93. The van der Waals surface area contributed by atoms with E-state index in [1.165, 1.54) is 0 Å². The number of hydrogen-bond donors (Lipinski definition) is 2. The second-order valence-corrected chi connectivity index (χ2v) is 8.04. The van der Waals surface area contributed by atoms with Gasteiger partial charge in [0.2, 0.25) is 5.91 Å². The van der Waals surface area contributed by atoms with Gasteiger partial charge >= 0.3 is 0 Å². The molecule has 0 spiro atoms. The minimum atomic E-state index is -0.115. The number of imidazole rings is 1. The SMILES string of the molecule is CCc1ccccc1NC(=O)Cn1c(CCNC(=O)c2cccc(C)c2)nc2ccccc21. The van der Waals surface area contributed by atoms with E-state index >= 15 is 0 Å². The molecule has 0 bridgehead atoms. The van der Waals surface area contributed by atoms with Crippen LogP contribution in [0.25, 0.3) is 11.0 Å². The molecule has 4 aromatic rings. The number of hydrogen-bond acceptors (Lipinski definition) is 3. The topological polar surface area (TPSA) is 76.0 Å². The van der Waals surface area contributed by atoms with Crippen molar-refractivity contribution >= 4 is 28.5 Å². The zero-order chi connectivity index (χ0) is 23.2. The third kappa shape index (κ3) is 5.29. The van der Waals surface area contributed by atoms with Crippen LogP contribution in [0.3, 0.4) is 0 Å². The van der Waals surface area contributed by atoms with Crippen molar-refractivity contribution in [3.63, 3.8) is 0 Å². The van der Waals surface area contributed by atoms with E-state index in [4.69, 9.17) is 4.98 Å². The molecule has 0 radical (unpaired) electrons. The summed E-state index contributed by atoms with van der Waals surface area (Å²) in [5, 5.41) is 6.00. The Morgan fingerprint density at radius 3 is 2.58 bits per heavy atom. The smallest absolute Gasteiger partial charge is 0.251 e. The molecule has 33 heavy (non-hydrogen) atoms. The number of para-hydroxylation sites is 3. The Kier molecular flexibility index (Phi) is 6.83. The number of aromatic nitrogens is 2. The van der Waals surface area contributed by atoms with E-state index in [2.05, 4.69) is 17.6 Å². The fourth-order valence-electron chi connectivity index (χ4n) is 3.95. The molecule has 4 rings (SSSR count). The van der Waals surface area contributed by atoms with Crippen molar-refractivity contribution < 1.29 is 9.59 Å². The number of carbonyl (C=O) groups excluding carboxylic acids is 2. The van der Waals surface area contributed by atoms with E-state index in [0.29, 0.717) is 18.5 Å². The lowest BCUT2D eigenvalue weighted by Crippen LogP contribution is -2.27. The first-order valence-corrected chi connectivity index (χ1v) is 11.2. The van der Waals surface area contributed by atoms with Gasteiger partial charge < -0.3 is 15.2 Å². The third-order valence-corrected chi connectivity index (χ3v) is 5.62. The van der Waals surface area contributed by atoms with Crippen molar-refractivity contribution in [2.24, 2.45) is 0 Å². The number of amides is 2. The van der Waals surface area contributed by atoms with E-state index in [9.17, 15) is 9.59 Å². The van der Waals surface area contributed by atoms with Gasteiger partial charge in [0.1, 0.15) is 12.4 Å². The van der Waals surface area contributed by atoms with E-state index < -0.39 is 0 Å². The van der Waals surface area contributed by atoms with Crippen LogP contribution in [0.15, 0.2) is 72.8 Å². The zero-order valence-electron chi connectivity index (χ0n) is 19.0. The van der Waals surface area contributed by atoms with Crippen molar-refractivity contribution in [1.29, 1.82) is 0 Å². The summed E-state index contributed by atoms with van der Waals surface area (Å²) >= 11 is 0. The number of nitrogens with one attached hydrogen (secondary N) is 2. The molecule has 2 amide bonds. The molecule has 0 saturated heterocycles. The van der Waals surface area contributed by atoms with E-state index in [-0.39, 0.29) is 18.4 Å². The van der Waals surface area contributed by atoms with Crippen LogP contribution in [0.4, 0.5) is 5.69 Å². The summed E-state index contributed by atoms with van der Waals surface area (Å²) in [6.07, 6.45) is 1.36. The van der Waals surface area contributed by atoms with Crippen molar-refractivity contribution in [3.05, 3.63) is 95.3 Å². The number of aryl methyl sites for hydroxylation is 2. The van der Waals surface area contributed by atoms with Crippen molar-refractivity contribution in [1.82, 2.24) is 14.9 Å². The quantitative estimate of drug-likeness (QED) is 0.423. The molecule has 0 fully saturated rings. The van der Waals surface area contributed by atoms with Gasteiger partial charge in [0, 0.05) is 24.2 Å². The summed E-state index contributed by atoms with van der Waals surface area (Å²) in [7, 11) is 0. The van der Waals surface area contributed by atoms with Crippen molar-refractivity contribution in [3.8, 4) is 0 Å². The fourth-order valence-corrected chi connectivity index (χ4v) is 3.95. The first kappa shape index (κ1) is 22.3. The van der Waals surface area contributed by atoms with Crippen LogP contribution in [0, 0.1) is 6.92 Å². The molecule has 1 heterocycles. The molecule has 6 nitrogen and oxygen atoms in total. The molecule has 1 aromatic heterocycles. The molecule has 168 valence electrons. The number of benzene rings is 3. The van der Waals surface area contributed by atoms with Crippen LogP contribution in [-0.4, -0.2) is 27.9 Å². The van der Waals surface area contributed by atoms with Gasteiger partial charge in [-0.15, -0.1) is 0 Å². The first-order chi connectivity index (χ1) is 16.0. The first-order valence-electron chi connectivity index (χ1n) is 11.2. The lowest BCUT2D eigenvalue weighted by molar-refractivity contribution is -0.116. The molecule has 2 N–H and O–H groups in total. The summed E-state index contributed by atoms with van der Waals surface area (Å²) in [6.45, 7) is 4.61. The molecular weight excluding hydrogens is 412 g/mol. The maximum absolute atomic E-state index is 12.9. The maximum Gasteiger partial charge on any atom is 0.251 e. The molecule has 0 aliphatic carbocycles. The monoisotopic (exact) mass is 440 g/mol. The predicted octanol–water partition coefficient (Wildman–Crippen LogP) is 4.52. The van der Waals surface area contributed by atoms with Crippen LogP contribution < -0.4 is 10.6 Å². The Bertz CT molecular complexity index is 1290. The summed E-state index contributed by atoms with van der Waals surface area (Å²) in [4.78, 5) is 30.1. The van der Waals surface area contributed by atoms with Gasteiger partial charge in [-0.05, 0) is 49.2 Å². The maximum atomic E-state index is 12.9. The second kappa shape index (κ2) is 10.1. The fraction of sp³-hybridized carbons (Fsp3) is 0.222. The highest BCUT2D eigenvalue weighted by Gasteiger charge is 2.15. The Balaban J connectivity index is 1.48. The molecule has 0 atom stereocenters. The highest BCUT2D eigenvalue weighted by Crippen LogP contribution is 2.19. The number of anilines is 1. The highest BCUT2D eigenvalue weighted by molar-refractivity contribution is 5.94. The predicted molar refractivity (Wildman–Crippen MR) is 131 cm³/mol. The lowest BCUT2D eigenvalue weighted by atomic mass is 10.1. The number of nitrogens with zero attached hydrogens (tertiary/aromatic N) is 2. The third-order valence-electron chi connectivity index (χ3n) is 5.62. The van der Waals surface area contributed by atoms with Gasteiger partial charge in [0.25, 0.3) is 5.91 Å². The Morgan fingerprint density at radius 1 is 0.970 bits per heavy atom. The van der Waals surface area contributed by atoms with Gasteiger partial charge in [0.15, 0.2) is 0 Å². The van der Waals surface area contributed by atoms with Crippen molar-refractivity contribution in [2.75, 3.05) is 11.9 Å². The molecule has 0 saturated carbocycles. The molecule has 0 aliphatic heterocycles. The van der Waals surface area contributed by atoms with Crippen LogP contribution in [0.2, 0.25) is 0 Å². The van der Waals surface area contributed by atoms with Crippen LogP contribution in [-0.2, 0) is 24.2 Å². The number of fused-ring (bicyclic) bond motifs is 1. The molecule has 0 unspecified atom stereocenters. The summed E-state index contributed by atoms with van der Waals surface area (Å²) in [5.74, 6) is 0.541. The second-order valence-electron chi connectivity index (χ2n) is 8.04. The van der Waals surface area contributed by atoms with Crippen LogP contribution >= 0.6 is 0 Å². The van der Waals surface area contributed by atoms with Crippen LogP contribution in [0.1, 0.15) is 34.2 Å². The van der Waals surface area contributed by atoms with Gasteiger partial charge in [-0.25, -0.2) is 4.98 Å². The van der Waals surface area contributed by atoms with E-state index in [1.807, 2.05) is 78.2 Å². The van der Waals surface area contributed by atoms with Gasteiger partial charge in [-0.2, -0.15) is 0 Å². The number of rotatable bonds is 8. The average molecular weight is 441 g/mol. The van der Waals surface area contributed by atoms with Gasteiger partial charge in [0.05, 0.1) is 11.0 Å². The van der Waals surface area contributed by atoms with E-state index in [0.717, 1.165) is 40.1 Å². The highest BCUT2D eigenvalue weighted by atomic mass is 16.2. The Hall–Kier alpha value is -3.93. The minimum Gasteiger partial charge on any atom is -0.352 e.